The Balaban J connectivity index is 2.47. The highest BCUT2D eigenvalue weighted by Gasteiger charge is 2.32. The van der Waals surface area contributed by atoms with Crippen LogP contribution in [0.25, 0.3) is 0 Å². The second-order valence-corrected chi connectivity index (χ2v) is 5.65. The maximum absolute atomic E-state index is 11.7. The molecule has 1 amide bonds. The van der Waals surface area contributed by atoms with E-state index in [2.05, 4.69) is 20.8 Å². The number of amides is 1. The summed E-state index contributed by atoms with van der Waals surface area (Å²) in [6, 6.07) is 0. The maximum Gasteiger partial charge on any atom is 0.397 e. The monoisotopic (exact) mass is 241 g/mol. The van der Waals surface area contributed by atoms with Gasteiger partial charge in [-0.1, -0.05) is 20.8 Å². The van der Waals surface area contributed by atoms with E-state index in [9.17, 15) is 9.59 Å². The highest BCUT2D eigenvalue weighted by Crippen LogP contribution is 2.34. The summed E-state index contributed by atoms with van der Waals surface area (Å²) in [5, 5.41) is 0. The number of hydrogen-bond acceptors (Lipinski definition) is 3. The predicted octanol–water partition coefficient (Wildman–Crippen LogP) is 1.83. The van der Waals surface area contributed by atoms with E-state index in [0.717, 1.165) is 12.8 Å². The minimum absolute atomic E-state index is 0.253. The average Bonchev–Trinajstić information content (AvgIpc) is 2.27. The average molecular weight is 241 g/mol. The van der Waals surface area contributed by atoms with Gasteiger partial charge in [-0.25, -0.2) is 4.79 Å². The summed E-state index contributed by atoms with van der Waals surface area (Å²) in [6.07, 6.45) is 1.93. The third-order valence-corrected chi connectivity index (χ3v) is 3.46. The van der Waals surface area contributed by atoms with E-state index in [1.54, 1.807) is 11.8 Å². The van der Waals surface area contributed by atoms with Crippen molar-refractivity contribution in [2.75, 3.05) is 19.7 Å². The van der Waals surface area contributed by atoms with E-state index in [0.29, 0.717) is 19.0 Å². The summed E-state index contributed by atoms with van der Waals surface area (Å²) in [6.45, 7) is 9.96. The van der Waals surface area contributed by atoms with Gasteiger partial charge in [0.15, 0.2) is 0 Å². The molecule has 0 aromatic rings. The van der Waals surface area contributed by atoms with Gasteiger partial charge in [0.05, 0.1) is 6.61 Å². The van der Waals surface area contributed by atoms with Gasteiger partial charge in [-0.3, -0.25) is 4.79 Å². The molecule has 4 nitrogen and oxygen atoms in total. The molecule has 0 unspecified atom stereocenters. The minimum atomic E-state index is -0.721. The van der Waals surface area contributed by atoms with Crippen LogP contribution in [0.4, 0.5) is 0 Å². The summed E-state index contributed by atoms with van der Waals surface area (Å²) >= 11 is 0. The molecule has 0 aromatic heterocycles. The van der Waals surface area contributed by atoms with E-state index < -0.39 is 11.9 Å². The highest BCUT2D eigenvalue weighted by atomic mass is 16.5. The summed E-state index contributed by atoms with van der Waals surface area (Å²) in [5.41, 5.74) is 0.277. The standard InChI is InChI=1S/C13H23NO3/c1-5-17-12(16)11(15)14-8-6-10(7-9-14)13(2,3)4/h10H,5-9H2,1-4H3. The molecular formula is C13H23NO3. The molecule has 1 aliphatic rings. The fourth-order valence-corrected chi connectivity index (χ4v) is 2.27. The molecule has 1 saturated heterocycles. The quantitative estimate of drug-likeness (QED) is 0.520. The van der Waals surface area contributed by atoms with E-state index in [4.69, 9.17) is 4.74 Å². The molecule has 0 atom stereocenters. The van der Waals surface area contributed by atoms with E-state index in [1.165, 1.54) is 0 Å². The third kappa shape index (κ3) is 3.72. The van der Waals surface area contributed by atoms with Crippen molar-refractivity contribution in [2.24, 2.45) is 11.3 Å². The lowest BCUT2D eigenvalue weighted by Crippen LogP contribution is -2.44. The molecule has 4 heteroatoms. The van der Waals surface area contributed by atoms with Gasteiger partial charge in [-0.05, 0) is 31.1 Å². The van der Waals surface area contributed by atoms with Crippen molar-refractivity contribution in [2.45, 2.75) is 40.5 Å². The fourth-order valence-electron chi connectivity index (χ4n) is 2.27. The first-order valence-corrected chi connectivity index (χ1v) is 6.32. The lowest BCUT2D eigenvalue weighted by atomic mass is 9.75. The molecule has 1 fully saturated rings. The fraction of sp³-hybridized carbons (Fsp3) is 0.846. The molecule has 0 spiro atoms. The van der Waals surface area contributed by atoms with Crippen molar-refractivity contribution in [3.63, 3.8) is 0 Å². The molecule has 0 N–H and O–H groups in total. The zero-order valence-electron chi connectivity index (χ0n) is 11.3. The number of likely N-dealkylation sites (tertiary alicyclic amines) is 1. The van der Waals surface area contributed by atoms with Crippen LogP contribution in [0.15, 0.2) is 0 Å². The number of carbonyl (C=O) groups is 2. The molecule has 0 aliphatic carbocycles. The summed E-state index contributed by atoms with van der Waals surface area (Å²) in [7, 11) is 0. The zero-order chi connectivity index (χ0) is 13.1. The van der Waals surface area contributed by atoms with Crippen LogP contribution in [0, 0.1) is 11.3 Å². The second-order valence-electron chi connectivity index (χ2n) is 5.65. The number of rotatable bonds is 1. The van der Waals surface area contributed by atoms with Crippen molar-refractivity contribution in [3.05, 3.63) is 0 Å². The van der Waals surface area contributed by atoms with Crippen LogP contribution in [0.3, 0.4) is 0 Å². The number of hydrogen-bond donors (Lipinski definition) is 0. The molecule has 0 radical (unpaired) electrons. The van der Waals surface area contributed by atoms with Crippen molar-refractivity contribution in [3.8, 4) is 0 Å². The molecule has 0 bridgehead atoms. The number of carbonyl (C=O) groups excluding carboxylic acids is 2. The molecule has 0 saturated carbocycles. The Morgan fingerprint density at radius 1 is 1.24 bits per heavy atom. The van der Waals surface area contributed by atoms with E-state index >= 15 is 0 Å². The Morgan fingerprint density at radius 2 is 1.76 bits per heavy atom. The Morgan fingerprint density at radius 3 is 2.18 bits per heavy atom. The van der Waals surface area contributed by atoms with Crippen LogP contribution in [0.1, 0.15) is 40.5 Å². The van der Waals surface area contributed by atoms with Crippen LogP contribution >= 0.6 is 0 Å². The maximum atomic E-state index is 11.7. The smallest absolute Gasteiger partial charge is 0.397 e. The van der Waals surface area contributed by atoms with Crippen molar-refractivity contribution in [1.82, 2.24) is 4.90 Å². The minimum Gasteiger partial charge on any atom is -0.459 e. The van der Waals surface area contributed by atoms with Crippen molar-refractivity contribution < 1.29 is 14.3 Å². The van der Waals surface area contributed by atoms with E-state index in [1.807, 2.05) is 0 Å². The summed E-state index contributed by atoms with van der Waals surface area (Å²) < 4.78 is 4.72. The zero-order valence-corrected chi connectivity index (χ0v) is 11.3. The Labute approximate surface area is 103 Å². The van der Waals surface area contributed by atoms with Crippen molar-refractivity contribution >= 4 is 11.9 Å². The van der Waals surface area contributed by atoms with Gasteiger partial charge in [-0.15, -0.1) is 0 Å². The van der Waals surface area contributed by atoms with Gasteiger partial charge in [-0.2, -0.15) is 0 Å². The number of ether oxygens (including phenoxy) is 1. The van der Waals surface area contributed by atoms with Crippen LogP contribution < -0.4 is 0 Å². The van der Waals surface area contributed by atoms with Crippen molar-refractivity contribution in [1.29, 1.82) is 0 Å². The molecule has 0 aromatic carbocycles. The first-order valence-electron chi connectivity index (χ1n) is 6.32. The van der Waals surface area contributed by atoms with Crippen LogP contribution in [-0.4, -0.2) is 36.5 Å². The van der Waals surface area contributed by atoms with E-state index in [-0.39, 0.29) is 12.0 Å². The Bertz CT molecular complexity index is 286. The lowest BCUT2D eigenvalue weighted by molar-refractivity contribution is -0.160. The first kappa shape index (κ1) is 14.0. The van der Waals surface area contributed by atoms with Crippen LogP contribution in [0.2, 0.25) is 0 Å². The number of nitrogens with zero attached hydrogens (tertiary/aromatic N) is 1. The number of esters is 1. The number of piperidine rings is 1. The molecule has 1 rings (SSSR count). The molecule has 1 aliphatic heterocycles. The highest BCUT2D eigenvalue weighted by molar-refractivity contribution is 6.32. The SMILES string of the molecule is CCOC(=O)C(=O)N1CCC(C(C)(C)C)CC1. The normalized spacial score (nSPS) is 18.0. The first-order chi connectivity index (χ1) is 7.86. The lowest BCUT2D eigenvalue weighted by Gasteiger charge is -2.38. The van der Waals surface area contributed by atoms with Gasteiger partial charge in [0.25, 0.3) is 0 Å². The third-order valence-electron chi connectivity index (χ3n) is 3.46. The Hall–Kier alpha value is -1.06. The predicted molar refractivity (Wildman–Crippen MR) is 65.4 cm³/mol. The van der Waals surface area contributed by atoms with Gasteiger partial charge < -0.3 is 9.64 Å². The van der Waals surface area contributed by atoms with Gasteiger partial charge in [0.1, 0.15) is 0 Å². The summed E-state index contributed by atoms with van der Waals surface area (Å²) in [4.78, 5) is 24.6. The molecule has 1 heterocycles. The summed E-state index contributed by atoms with van der Waals surface area (Å²) in [5.74, 6) is -0.588. The van der Waals surface area contributed by atoms with Gasteiger partial charge in [0.2, 0.25) is 0 Å². The molecule has 98 valence electrons. The van der Waals surface area contributed by atoms with Crippen LogP contribution in [0.5, 0.6) is 0 Å². The second kappa shape index (κ2) is 5.52. The topological polar surface area (TPSA) is 46.6 Å². The largest absolute Gasteiger partial charge is 0.459 e. The van der Waals surface area contributed by atoms with Crippen LogP contribution in [-0.2, 0) is 14.3 Å². The Kier molecular flexibility index (Phi) is 4.54. The molecule has 17 heavy (non-hydrogen) atoms. The molecular weight excluding hydrogens is 218 g/mol. The van der Waals surface area contributed by atoms with Gasteiger partial charge in [0, 0.05) is 13.1 Å². The van der Waals surface area contributed by atoms with Gasteiger partial charge >= 0.3 is 11.9 Å².